The van der Waals surface area contributed by atoms with E-state index in [4.69, 9.17) is 11.6 Å². The van der Waals surface area contributed by atoms with E-state index >= 15 is 0 Å². The Morgan fingerprint density at radius 3 is 2.59 bits per heavy atom. The highest BCUT2D eigenvalue weighted by Crippen LogP contribution is 2.26. The van der Waals surface area contributed by atoms with Crippen molar-refractivity contribution in [3.63, 3.8) is 0 Å². The lowest BCUT2D eigenvalue weighted by Gasteiger charge is -2.11. The molecule has 0 saturated heterocycles. The molecule has 17 heavy (non-hydrogen) atoms. The van der Waals surface area contributed by atoms with Gasteiger partial charge in [0.2, 0.25) is 0 Å². The van der Waals surface area contributed by atoms with Gasteiger partial charge in [-0.3, -0.25) is 4.72 Å². The molecule has 7 heteroatoms. The smallest absolute Gasteiger partial charge is 0.299 e. The van der Waals surface area contributed by atoms with Crippen LogP contribution in [0, 0.1) is 5.92 Å². The van der Waals surface area contributed by atoms with E-state index in [1.807, 2.05) is 13.8 Å². The fourth-order valence-corrected chi connectivity index (χ4v) is 2.30. The minimum atomic E-state index is -3.67. The second-order valence-corrected chi connectivity index (χ2v) is 5.95. The van der Waals surface area contributed by atoms with Crippen molar-refractivity contribution in [2.75, 3.05) is 11.3 Å². The van der Waals surface area contributed by atoms with Crippen molar-refractivity contribution >= 4 is 27.5 Å². The fraction of sp³-hybridized carbons (Fsp3) is 0.400. The Morgan fingerprint density at radius 2 is 2.06 bits per heavy atom. The summed E-state index contributed by atoms with van der Waals surface area (Å²) in [5, 5.41) is 9.83. The summed E-state index contributed by atoms with van der Waals surface area (Å²) in [6.45, 7) is 4.11. The molecule has 0 aliphatic rings. The molecule has 1 aromatic rings. The molecule has 0 bridgehead atoms. The average molecular weight is 279 g/mol. The molecule has 0 aliphatic heterocycles. The van der Waals surface area contributed by atoms with Crippen LogP contribution in [0.2, 0.25) is 5.02 Å². The van der Waals surface area contributed by atoms with Crippen molar-refractivity contribution in [2.24, 2.45) is 5.92 Å². The third-order valence-corrected chi connectivity index (χ3v) is 3.16. The van der Waals surface area contributed by atoms with Crippen LogP contribution in [0.15, 0.2) is 18.2 Å². The van der Waals surface area contributed by atoms with Crippen LogP contribution in [0.25, 0.3) is 0 Å². The van der Waals surface area contributed by atoms with E-state index in [0.717, 1.165) is 0 Å². The average Bonchev–Trinajstić information content (AvgIpc) is 2.20. The van der Waals surface area contributed by atoms with Gasteiger partial charge in [0.15, 0.2) is 0 Å². The lowest BCUT2D eigenvalue weighted by atomic mass is 10.2. The molecule has 0 amide bonds. The summed E-state index contributed by atoms with van der Waals surface area (Å²) in [5.41, 5.74) is 0.0886. The predicted octanol–water partition coefficient (Wildman–Crippen LogP) is 1.95. The standard InChI is InChI=1S/C10H15ClN2O3S/c1-7(2)6-12-17(15,16)13-9-4-3-8(11)5-10(9)14/h3-5,7,12-14H,6H2,1-2H3. The van der Waals surface area contributed by atoms with Crippen molar-refractivity contribution in [2.45, 2.75) is 13.8 Å². The molecule has 0 heterocycles. The summed E-state index contributed by atoms with van der Waals surface area (Å²) in [5.74, 6) is -0.0159. The maximum atomic E-state index is 11.6. The van der Waals surface area contributed by atoms with E-state index in [0.29, 0.717) is 11.6 Å². The number of phenols is 1. The molecule has 0 atom stereocenters. The molecule has 1 aromatic carbocycles. The Hall–Kier alpha value is -0.980. The number of rotatable bonds is 5. The highest BCUT2D eigenvalue weighted by Gasteiger charge is 2.12. The van der Waals surface area contributed by atoms with Crippen molar-refractivity contribution < 1.29 is 13.5 Å². The maximum absolute atomic E-state index is 11.6. The van der Waals surface area contributed by atoms with Gasteiger partial charge in [-0.2, -0.15) is 13.1 Å². The van der Waals surface area contributed by atoms with Gasteiger partial charge in [-0.1, -0.05) is 25.4 Å². The van der Waals surface area contributed by atoms with Crippen LogP contribution in [-0.2, 0) is 10.2 Å². The van der Waals surface area contributed by atoms with Crippen LogP contribution in [0.4, 0.5) is 5.69 Å². The zero-order valence-electron chi connectivity index (χ0n) is 9.57. The third-order valence-electron chi connectivity index (χ3n) is 1.89. The van der Waals surface area contributed by atoms with E-state index in [-0.39, 0.29) is 17.4 Å². The summed E-state index contributed by atoms with van der Waals surface area (Å²) in [7, 11) is -3.67. The Bertz CT molecular complexity index is 488. The minimum Gasteiger partial charge on any atom is -0.506 e. The minimum absolute atomic E-state index is 0.0886. The summed E-state index contributed by atoms with van der Waals surface area (Å²) < 4.78 is 27.7. The Morgan fingerprint density at radius 1 is 1.41 bits per heavy atom. The molecular weight excluding hydrogens is 264 g/mol. The first-order valence-electron chi connectivity index (χ1n) is 5.06. The highest BCUT2D eigenvalue weighted by molar-refractivity contribution is 7.90. The predicted molar refractivity (Wildman–Crippen MR) is 68.5 cm³/mol. The maximum Gasteiger partial charge on any atom is 0.299 e. The number of hydrogen-bond acceptors (Lipinski definition) is 3. The second kappa shape index (κ2) is 5.57. The molecule has 5 nitrogen and oxygen atoms in total. The Kier molecular flexibility index (Phi) is 4.62. The van der Waals surface area contributed by atoms with E-state index in [2.05, 4.69) is 9.44 Å². The van der Waals surface area contributed by atoms with Gasteiger partial charge in [0, 0.05) is 17.6 Å². The zero-order chi connectivity index (χ0) is 13.1. The van der Waals surface area contributed by atoms with Crippen LogP contribution in [0.1, 0.15) is 13.8 Å². The SMILES string of the molecule is CC(C)CNS(=O)(=O)Nc1ccc(Cl)cc1O. The first-order chi connectivity index (χ1) is 7.80. The number of aromatic hydroxyl groups is 1. The number of nitrogens with one attached hydrogen (secondary N) is 2. The summed E-state index contributed by atoms with van der Waals surface area (Å²) in [6.07, 6.45) is 0. The molecule has 0 saturated carbocycles. The van der Waals surface area contributed by atoms with E-state index < -0.39 is 10.2 Å². The van der Waals surface area contributed by atoms with E-state index in [1.165, 1.54) is 18.2 Å². The van der Waals surface area contributed by atoms with Crippen molar-refractivity contribution in [1.29, 1.82) is 0 Å². The summed E-state index contributed by atoms with van der Waals surface area (Å²) in [6, 6.07) is 4.15. The largest absolute Gasteiger partial charge is 0.506 e. The van der Waals surface area contributed by atoms with Crippen LogP contribution in [-0.4, -0.2) is 20.1 Å². The fourth-order valence-electron chi connectivity index (χ4n) is 1.05. The van der Waals surface area contributed by atoms with Crippen molar-refractivity contribution in [3.8, 4) is 5.75 Å². The molecule has 96 valence electrons. The van der Waals surface area contributed by atoms with Gasteiger partial charge >= 0.3 is 0 Å². The van der Waals surface area contributed by atoms with Crippen LogP contribution in [0.3, 0.4) is 0 Å². The molecule has 0 spiro atoms. The van der Waals surface area contributed by atoms with Gasteiger partial charge in [-0.05, 0) is 18.1 Å². The zero-order valence-corrected chi connectivity index (χ0v) is 11.1. The number of phenolic OH excluding ortho intramolecular Hbond substituents is 1. The molecule has 3 N–H and O–H groups in total. The highest BCUT2D eigenvalue weighted by atomic mass is 35.5. The molecular formula is C10H15ClN2O3S. The van der Waals surface area contributed by atoms with Gasteiger partial charge < -0.3 is 5.11 Å². The first-order valence-corrected chi connectivity index (χ1v) is 6.92. The van der Waals surface area contributed by atoms with Crippen molar-refractivity contribution in [3.05, 3.63) is 23.2 Å². The van der Waals surface area contributed by atoms with Gasteiger partial charge in [0.1, 0.15) is 5.75 Å². The molecule has 0 unspecified atom stereocenters. The second-order valence-electron chi connectivity index (χ2n) is 4.01. The van der Waals surface area contributed by atoms with E-state index in [9.17, 15) is 13.5 Å². The Balaban J connectivity index is 2.76. The first kappa shape index (κ1) is 14.1. The number of benzene rings is 1. The number of halogens is 1. The molecule has 0 radical (unpaired) electrons. The Labute approximate surface area is 106 Å². The van der Waals surface area contributed by atoms with Gasteiger partial charge in [0.05, 0.1) is 5.69 Å². The number of anilines is 1. The number of hydrogen-bond donors (Lipinski definition) is 3. The quantitative estimate of drug-likeness (QED) is 0.720. The molecule has 0 fully saturated rings. The third kappa shape index (κ3) is 4.80. The normalized spacial score (nSPS) is 11.8. The molecule has 1 rings (SSSR count). The van der Waals surface area contributed by atoms with Gasteiger partial charge in [0.25, 0.3) is 10.2 Å². The lowest BCUT2D eigenvalue weighted by molar-refractivity contribution is 0.477. The molecule has 0 aliphatic carbocycles. The van der Waals surface area contributed by atoms with Crippen molar-refractivity contribution in [1.82, 2.24) is 4.72 Å². The molecule has 0 aromatic heterocycles. The van der Waals surface area contributed by atoms with E-state index in [1.54, 1.807) is 0 Å². The topological polar surface area (TPSA) is 78.4 Å². The van der Waals surface area contributed by atoms with Gasteiger partial charge in [-0.15, -0.1) is 0 Å². The summed E-state index contributed by atoms with van der Waals surface area (Å²) in [4.78, 5) is 0. The summed E-state index contributed by atoms with van der Waals surface area (Å²) >= 11 is 5.64. The van der Waals surface area contributed by atoms with Crippen LogP contribution < -0.4 is 9.44 Å². The lowest BCUT2D eigenvalue weighted by Crippen LogP contribution is -2.32. The van der Waals surface area contributed by atoms with Crippen LogP contribution >= 0.6 is 11.6 Å². The van der Waals surface area contributed by atoms with Gasteiger partial charge in [-0.25, -0.2) is 0 Å². The van der Waals surface area contributed by atoms with Crippen LogP contribution in [0.5, 0.6) is 5.75 Å². The monoisotopic (exact) mass is 278 g/mol.